The van der Waals surface area contributed by atoms with Crippen molar-refractivity contribution in [1.82, 2.24) is 9.78 Å². The van der Waals surface area contributed by atoms with Crippen molar-refractivity contribution in [3.05, 3.63) is 57.8 Å². The molecule has 1 heterocycles. The zero-order chi connectivity index (χ0) is 12.3. The number of halogens is 1. The molecule has 0 spiro atoms. The van der Waals surface area contributed by atoms with Crippen molar-refractivity contribution in [3.8, 4) is 0 Å². The van der Waals surface area contributed by atoms with Gasteiger partial charge < -0.3 is 10.2 Å². The fraction of sp³-hybridized carbons (Fsp3) is 0.250. The lowest BCUT2D eigenvalue weighted by molar-refractivity contribution is 0.299. The second-order valence-corrected chi connectivity index (χ2v) is 3.75. The van der Waals surface area contributed by atoms with Gasteiger partial charge in [-0.25, -0.2) is 9.07 Å². The summed E-state index contributed by atoms with van der Waals surface area (Å²) in [5, 5.41) is 11.5. The predicted molar refractivity (Wildman–Crippen MR) is 61.3 cm³/mol. The van der Waals surface area contributed by atoms with Crippen LogP contribution in [-0.2, 0) is 13.0 Å². The molecule has 2 rings (SSSR count). The van der Waals surface area contributed by atoms with Gasteiger partial charge in [-0.05, 0) is 6.07 Å². The fourth-order valence-corrected chi connectivity index (χ4v) is 1.66. The maximum atomic E-state index is 13.4. The summed E-state index contributed by atoms with van der Waals surface area (Å²) >= 11 is 0. The van der Waals surface area contributed by atoms with E-state index in [1.54, 1.807) is 24.4 Å². The predicted octanol–water partition coefficient (Wildman–Crippen LogP) is 0.899. The first-order chi connectivity index (χ1) is 8.22. The van der Waals surface area contributed by atoms with Crippen LogP contribution in [0.15, 0.2) is 35.3 Å². The van der Waals surface area contributed by atoms with Crippen molar-refractivity contribution in [2.24, 2.45) is 0 Å². The Morgan fingerprint density at radius 3 is 2.76 bits per heavy atom. The fourth-order valence-electron chi connectivity index (χ4n) is 1.66. The van der Waals surface area contributed by atoms with Crippen LogP contribution >= 0.6 is 0 Å². The number of rotatable bonds is 4. The van der Waals surface area contributed by atoms with Crippen molar-refractivity contribution in [2.45, 2.75) is 13.0 Å². The van der Waals surface area contributed by atoms with Crippen molar-refractivity contribution in [1.29, 1.82) is 0 Å². The molecule has 2 N–H and O–H groups in total. The summed E-state index contributed by atoms with van der Waals surface area (Å²) in [6.07, 6.45) is 1.85. The third-order valence-electron chi connectivity index (χ3n) is 2.58. The van der Waals surface area contributed by atoms with Crippen molar-refractivity contribution in [2.75, 3.05) is 6.61 Å². The largest absolute Gasteiger partial charge is 0.396 e. The maximum Gasteiger partial charge on any atom is 0.270 e. The van der Waals surface area contributed by atoms with Crippen LogP contribution in [0.5, 0.6) is 0 Å². The topological polar surface area (TPSA) is 58.0 Å². The number of nitrogens with one attached hydrogen (secondary N) is 1. The van der Waals surface area contributed by atoms with E-state index in [0.29, 0.717) is 17.5 Å². The Bertz CT molecular complexity index is 560. The summed E-state index contributed by atoms with van der Waals surface area (Å²) in [5.41, 5.74) is 0.734. The first-order valence-electron chi connectivity index (χ1n) is 5.33. The molecule has 0 saturated heterocycles. The van der Waals surface area contributed by atoms with Crippen LogP contribution in [-0.4, -0.2) is 21.5 Å². The number of hydrogen-bond donors (Lipinski definition) is 2. The molecule has 2 aromatic rings. The number of aliphatic hydroxyl groups is 1. The Hall–Kier alpha value is -1.88. The molecular formula is C12H13FN2O2. The number of H-pyrrole nitrogens is 1. The van der Waals surface area contributed by atoms with E-state index in [4.69, 9.17) is 5.11 Å². The van der Waals surface area contributed by atoms with E-state index in [1.807, 2.05) is 0 Å². The van der Waals surface area contributed by atoms with Crippen LogP contribution in [0.25, 0.3) is 0 Å². The van der Waals surface area contributed by atoms with Crippen molar-refractivity contribution < 1.29 is 9.50 Å². The van der Waals surface area contributed by atoms with E-state index in [9.17, 15) is 9.18 Å². The summed E-state index contributed by atoms with van der Waals surface area (Å²) in [4.78, 5) is 11.8. The molecule has 5 heteroatoms. The molecule has 0 unspecified atom stereocenters. The van der Waals surface area contributed by atoms with E-state index in [0.717, 1.165) is 0 Å². The van der Waals surface area contributed by atoms with Crippen LogP contribution in [0.3, 0.4) is 0 Å². The monoisotopic (exact) mass is 236 g/mol. The third-order valence-corrected chi connectivity index (χ3v) is 2.58. The molecule has 0 saturated carbocycles. The van der Waals surface area contributed by atoms with E-state index in [-0.39, 0.29) is 24.5 Å². The number of aromatic nitrogens is 2. The highest BCUT2D eigenvalue weighted by molar-refractivity contribution is 5.18. The Kier molecular flexibility index (Phi) is 3.39. The van der Waals surface area contributed by atoms with Gasteiger partial charge in [0.15, 0.2) is 0 Å². The van der Waals surface area contributed by atoms with Gasteiger partial charge in [0.1, 0.15) is 5.82 Å². The molecule has 0 aliphatic heterocycles. The Balaban J connectivity index is 2.25. The maximum absolute atomic E-state index is 13.4. The molecule has 1 aromatic heterocycles. The number of aromatic amines is 1. The highest BCUT2D eigenvalue weighted by Crippen LogP contribution is 2.07. The third kappa shape index (κ3) is 2.45. The minimum Gasteiger partial charge on any atom is -0.396 e. The first-order valence-corrected chi connectivity index (χ1v) is 5.33. The molecule has 0 bridgehead atoms. The number of hydrogen-bond acceptors (Lipinski definition) is 2. The molecule has 0 aliphatic carbocycles. The lowest BCUT2D eigenvalue weighted by atomic mass is 10.2. The SMILES string of the molecule is O=c1c(CCO)c[nH]n1Cc1ccccc1F. The molecule has 17 heavy (non-hydrogen) atoms. The minimum absolute atomic E-state index is 0.0766. The highest BCUT2D eigenvalue weighted by Gasteiger charge is 2.07. The summed E-state index contributed by atoms with van der Waals surface area (Å²) < 4.78 is 14.7. The molecule has 4 nitrogen and oxygen atoms in total. The molecule has 0 atom stereocenters. The molecule has 0 radical (unpaired) electrons. The number of benzene rings is 1. The molecule has 1 aromatic carbocycles. The van der Waals surface area contributed by atoms with Crippen LogP contribution in [0.2, 0.25) is 0 Å². The molecule has 0 aliphatic rings. The smallest absolute Gasteiger partial charge is 0.270 e. The van der Waals surface area contributed by atoms with E-state index < -0.39 is 0 Å². The van der Waals surface area contributed by atoms with Gasteiger partial charge in [-0.15, -0.1) is 0 Å². The number of aliphatic hydroxyl groups excluding tert-OH is 1. The normalized spacial score (nSPS) is 10.7. The lowest BCUT2D eigenvalue weighted by Gasteiger charge is -2.02. The van der Waals surface area contributed by atoms with Crippen LogP contribution < -0.4 is 5.56 Å². The quantitative estimate of drug-likeness (QED) is 0.828. The highest BCUT2D eigenvalue weighted by atomic mass is 19.1. The van der Waals surface area contributed by atoms with Gasteiger partial charge in [-0.3, -0.25) is 4.79 Å². The van der Waals surface area contributed by atoms with Gasteiger partial charge >= 0.3 is 0 Å². The average Bonchev–Trinajstić information content (AvgIpc) is 2.65. The van der Waals surface area contributed by atoms with Gasteiger partial charge in [-0.2, -0.15) is 0 Å². The average molecular weight is 236 g/mol. The second-order valence-electron chi connectivity index (χ2n) is 3.75. The minimum atomic E-state index is -0.335. The molecule has 0 amide bonds. The van der Waals surface area contributed by atoms with Gasteiger partial charge in [-0.1, -0.05) is 18.2 Å². The Labute approximate surface area is 97.3 Å². The van der Waals surface area contributed by atoms with Crippen molar-refractivity contribution >= 4 is 0 Å². The zero-order valence-corrected chi connectivity index (χ0v) is 9.19. The van der Waals surface area contributed by atoms with Crippen molar-refractivity contribution in [3.63, 3.8) is 0 Å². The Morgan fingerprint density at radius 2 is 2.06 bits per heavy atom. The van der Waals surface area contributed by atoms with Crippen LogP contribution in [0, 0.1) is 5.82 Å². The lowest BCUT2D eigenvalue weighted by Crippen LogP contribution is -2.20. The van der Waals surface area contributed by atoms with Gasteiger partial charge in [0.05, 0.1) is 6.54 Å². The second kappa shape index (κ2) is 4.97. The van der Waals surface area contributed by atoms with Crippen LogP contribution in [0.1, 0.15) is 11.1 Å². The summed E-state index contributed by atoms with van der Waals surface area (Å²) in [6.45, 7) is 0.0870. The van der Waals surface area contributed by atoms with Crippen LogP contribution in [0.4, 0.5) is 4.39 Å². The van der Waals surface area contributed by atoms with Gasteiger partial charge in [0, 0.05) is 30.4 Å². The number of nitrogens with zero attached hydrogens (tertiary/aromatic N) is 1. The molecule has 90 valence electrons. The standard InChI is InChI=1S/C12H13FN2O2/c13-11-4-2-1-3-10(11)8-15-12(17)9(5-6-16)7-14-15/h1-4,7,14,16H,5-6,8H2. The summed E-state index contributed by atoms with van der Waals surface area (Å²) in [7, 11) is 0. The first kappa shape index (κ1) is 11.6. The van der Waals surface area contributed by atoms with E-state index >= 15 is 0 Å². The van der Waals surface area contributed by atoms with E-state index in [1.165, 1.54) is 10.7 Å². The van der Waals surface area contributed by atoms with E-state index in [2.05, 4.69) is 5.10 Å². The molecule has 0 fully saturated rings. The van der Waals surface area contributed by atoms with Gasteiger partial charge in [0.2, 0.25) is 0 Å². The Morgan fingerprint density at radius 1 is 1.29 bits per heavy atom. The summed E-state index contributed by atoms with van der Waals surface area (Å²) in [6, 6.07) is 6.32. The molecular weight excluding hydrogens is 223 g/mol. The zero-order valence-electron chi connectivity index (χ0n) is 9.19. The van der Waals surface area contributed by atoms with Gasteiger partial charge in [0.25, 0.3) is 5.56 Å². The summed E-state index contributed by atoms with van der Waals surface area (Å²) in [5.74, 6) is -0.335.